The van der Waals surface area contributed by atoms with E-state index in [1.54, 1.807) is 13.2 Å². The quantitative estimate of drug-likeness (QED) is 0.525. The van der Waals surface area contributed by atoms with Gasteiger partial charge >= 0.3 is 0 Å². The third kappa shape index (κ3) is 6.63. The number of nitrogens with one attached hydrogen (secondary N) is 2. The predicted octanol–water partition coefficient (Wildman–Crippen LogP) is 2.45. The van der Waals surface area contributed by atoms with Gasteiger partial charge < -0.3 is 25.2 Å². The number of nitrogens with zero attached hydrogens (tertiary/aromatic N) is 3. The minimum Gasteiger partial charge on any atom is -0.377 e. The molecule has 2 rings (SSSR count). The fourth-order valence-electron chi connectivity index (χ4n) is 3.09. The largest absolute Gasteiger partial charge is 0.377 e. The number of halogens is 1. The first-order valence-corrected chi connectivity index (χ1v) is 10.2. The van der Waals surface area contributed by atoms with Crippen LogP contribution in [0.25, 0.3) is 0 Å². The Morgan fingerprint density at radius 2 is 1.89 bits per heavy atom. The number of hydrogen-bond donors (Lipinski definition) is 2. The first-order valence-electron chi connectivity index (χ1n) is 10.2. The highest BCUT2D eigenvalue weighted by Gasteiger charge is 2.19. The van der Waals surface area contributed by atoms with Gasteiger partial charge in [-0.3, -0.25) is 0 Å². The predicted molar refractivity (Wildman–Crippen MR) is 115 cm³/mol. The Bertz CT molecular complexity index is 642. The SMILES string of the molecule is CCNC(=NCc1ccc(N2CCN(CC)CC2)c(F)c1)NCC(C)(C)OC. The number of likely N-dealkylation sites (N-methyl/N-ethyl adjacent to an activating group) is 1. The van der Waals surface area contributed by atoms with Crippen LogP contribution in [0.3, 0.4) is 0 Å². The minimum absolute atomic E-state index is 0.170. The Kier molecular flexibility index (Phi) is 8.51. The Labute approximate surface area is 169 Å². The summed E-state index contributed by atoms with van der Waals surface area (Å²) in [5, 5.41) is 6.49. The molecule has 1 aliphatic rings. The van der Waals surface area contributed by atoms with Crippen LogP contribution in [0, 0.1) is 5.82 Å². The summed E-state index contributed by atoms with van der Waals surface area (Å²) in [4.78, 5) is 9.10. The molecule has 1 saturated heterocycles. The van der Waals surface area contributed by atoms with Crippen LogP contribution in [0.15, 0.2) is 23.2 Å². The van der Waals surface area contributed by atoms with Gasteiger partial charge in [-0.1, -0.05) is 13.0 Å². The molecule has 7 heteroatoms. The zero-order chi connectivity index (χ0) is 20.6. The summed E-state index contributed by atoms with van der Waals surface area (Å²) in [5.41, 5.74) is 1.26. The monoisotopic (exact) mass is 393 g/mol. The van der Waals surface area contributed by atoms with Crippen molar-refractivity contribution in [2.24, 2.45) is 4.99 Å². The van der Waals surface area contributed by atoms with Gasteiger partial charge in [-0.05, 0) is 45.0 Å². The summed E-state index contributed by atoms with van der Waals surface area (Å²) in [5.74, 6) is 0.531. The van der Waals surface area contributed by atoms with Crippen LogP contribution in [0.2, 0.25) is 0 Å². The Morgan fingerprint density at radius 1 is 1.18 bits per heavy atom. The molecular weight excluding hydrogens is 357 g/mol. The number of ether oxygens (including phenoxy) is 1. The van der Waals surface area contributed by atoms with Gasteiger partial charge in [-0.15, -0.1) is 0 Å². The fourth-order valence-corrected chi connectivity index (χ4v) is 3.09. The van der Waals surface area contributed by atoms with Gasteiger partial charge in [0.05, 0.1) is 17.8 Å². The Balaban J connectivity index is 1.99. The summed E-state index contributed by atoms with van der Waals surface area (Å²) in [6.07, 6.45) is 0. The summed E-state index contributed by atoms with van der Waals surface area (Å²) >= 11 is 0. The van der Waals surface area contributed by atoms with Gasteiger partial charge in [-0.2, -0.15) is 0 Å². The lowest BCUT2D eigenvalue weighted by molar-refractivity contribution is 0.0268. The molecule has 1 fully saturated rings. The second kappa shape index (κ2) is 10.6. The third-order valence-corrected chi connectivity index (χ3v) is 5.17. The second-order valence-corrected chi connectivity index (χ2v) is 7.72. The number of methoxy groups -OCH3 is 1. The molecule has 0 spiro atoms. The van der Waals surface area contributed by atoms with Gasteiger partial charge in [0.15, 0.2) is 5.96 Å². The average Bonchev–Trinajstić information content (AvgIpc) is 2.70. The molecule has 1 aliphatic heterocycles. The molecular formula is C21H36FN5O. The lowest BCUT2D eigenvalue weighted by Crippen LogP contribution is -2.46. The molecule has 0 saturated carbocycles. The number of hydrogen-bond acceptors (Lipinski definition) is 4. The van der Waals surface area contributed by atoms with Crippen LogP contribution in [0.5, 0.6) is 0 Å². The molecule has 6 nitrogen and oxygen atoms in total. The lowest BCUT2D eigenvalue weighted by atomic mass is 10.1. The van der Waals surface area contributed by atoms with Crippen molar-refractivity contribution in [2.75, 3.05) is 57.8 Å². The standard InChI is InChI=1S/C21H36FN5O/c1-6-23-20(25-16-21(3,4)28-5)24-15-17-8-9-19(18(22)14-17)27-12-10-26(7-2)11-13-27/h8-9,14H,6-7,10-13,15-16H2,1-5H3,(H2,23,24,25). The first-order chi connectivity index (χ1) is 13.4. The highest BCUT2D eigenvalue weighted by Crippen LogP contribution is 2.22. The number of aliphatic imine (C=N–C) groups is 1. The van der Waals surface area contributed by atoms with Crippen molar-refractivity contribution < 1.29 is 9.13 Å². The molecule has 28 heavy (non-hydrogen) atoms. The fraction of sp³-hybridized carbons (Fsp3) is 0.667. The van der Waals surface area contributed by atoms with Crippen molar-refractivity contribution in [1.82, 2.24) is 15.5 Å². The van der Waals surface area contributed by atoms with Crippen LogP contribution >= 0.6 is 0 Å². The zero-order valence-corrected chi connectivity index (χ0v) is 18.0. The lowest BCUT2D eigenvalue weighted by Gasteiger charge is -2.35. The molecule has 0 aliphatic carbocycles. The van der Waals surface area contributed by atoms with Crippen molar-refractivity contribution in [3.63, 3.8) is 0 Å². The number of piperazine rings is 1. The van der Waals surface area contributed by atoms with E-state index in [2.05, 4.69) is 32.3 Å². The second-order valence-electron chi connectivity index (χ2n) is 7.72. The maximum Gasteiger partial charge on any atom is 0.191 e. The maximum atomic E-state index is 14.7. The first kappa shape index (κ1) is 22.4. The van der Waals surface area contributed by atoms with E-state index in [4.69, 9.17) is 4.74 Å². The molecule has 1 heterocycles. The van der Waals surface area contributed by atoms with E-state index in [0.29, 0.717) is 24.7 Å². The zero-order valence-electron chi connectivity index (χ0n) is 18.0. The molecule has 0 amide bonds. The van der Waals surface area contributed by atoms with Crippen molar-refractivity contribution in [3.8, 4) is 0 Å². The molecule has 1 aromatic rings. The van der Waals surface area contributed by atoms with Crippen LogP contribution in [0.4, 0.5) is 10.1 Å². The number of guanidine groups is 1. The molecule has 0 radical (unpaired) electrons. The van der Waals surface area contributed by atoms with Crippen molar-refractivity contribution in [3.05, 3.63) is 29.6 Å². The van der Waals surface area contributed by atoms with Crippen molar-refractivity contribution in [1.29, 1.82) is 0 Å². The summed E-state index contributed by atoms with van der Waals surface area (Å²) < 4.78 is 20.1. The van der Waals surface area contributed by atoms with Gasteiger partial charge in [0, 0.05) is 46.4 Å². The highest BCUT2D eigenvalue weighted by atomic mass is 19.1. The number of rotatable bonds is 8. The third-order valence-electron chi connectivity index (χ3n) is 5.17. The van der Waals surface area contributed by atoms with E-state index in [1.807, 2.05) is 32.9 Å². The number of benzene rings is 1. The van der Waals surface area contributed by atoms with Gasteiger partial charge in [-0.25, -0.2) is 9.38 Å². The van der Waals surface area contributed by atoms with E-state index in [1.165, 1.54) is 0 Å². The Morgan fingerprint density at radius 3 is 2.46 bits per heavy atom. The van der Waals surface area contributed by atoms with E-state index in [9.17, 15) is 4.39 Å². The van der Waals surface area contributed by atoms with Crippen LogP contribution in [0.1, 0.15) is 33.3 Å². The minimum atomic E-state index is -0.286. The summed E-state index contributed by atoms with van der Waals surface area (Å²) in [6, 6.07) is 5.46. The van der Waals surface area contributed by atoms with Gasteiger partial charge in [0.2, 0.25) is 0 Å². The van der Waals surface area contributed by atoms with Gasteiger partial charge in [0.25, 0.3) is 0 Å². The topological polar surface area (TPSA) is 52.1 Å². The molecule has 1 aromatic carbocycles. The number of anilines is 1. The molecule has 0 bridgehead atoms. The van der Waals surface area contributed by atoms with Crippen molar-refractivity contribution >= 4 is 11.6 Å². The highest BCUT2D eigenvalue weighted by molar-refractivity contribution is 5.79. The smallest absolute Gasteiger partial charge is 0.191 e. The summed E-state index contributed by atoms with van der Waals surface area (Å²) in [7, 11) is 1.69. The average molecular weight is 394 g/mol. The maximum absolute atomic E-state index is 14.7. The molecule has 0 atom stereocenters. The van der Waals surface area contributed by atoms with Crippen LogP contribution in [-0.2, 0) is 11.3 Å². The van der Waals surface area contributed by atoms with E-state index in [-0.39, 0.29) is 11.4 Å². The van der Waals surface area contributed by atoms with Gasteiger partial charge in [0.1, 0.15) is 5.82 Å². The molecule has 0 unspecified atom stereocenters. The van der Waals surface area contributed by atoms with E-state index < -0.39 is 0 Å². The summed E-state index contributed by atoms with van der Waals surface area (Å²) in [6.45, 7) is 14.8. The molecule has 0 aromatic heterocycles. The normalized spacial score (nSPS) is 16.4. The van der Waals surface area contributed by atoms with Crippen LogP contribution < -0.4 is 15.5 Å². The van der Waals surface area contributed by atoms with Crippen LogP contribution in [-0.4, -0.2) is 69.4 Å². The Hall–Kier alpha value is -1.86. The van der Waals surface area contributed by atoms with Crippen molar-refractivity contribution in [2.45, 2.75) is 39.8 Å². The molecule has 2 N–H and O–H groups in total. The van der Waals surface area contributed by atoms with E-state index >= 15 is 0 Å². The van der Waals surface area contributed by atoms with E-state index in [0.717, 1.165) is 44.8 Å². The molecule has 158 valence electrons.